The maximum Gasteiger partial charge on any atom is 0.136 e. The monoisotopic (exact) mass is 245 g/mol. The van der Waals surface area contributed by atoms with Crippen LogP contribution in [0.1, 0.15) is 18.4 Å². The van der Waals surface area contributed by atoms with Crippen LogP contribution < -0.4 is 10.1 Å². The van der Waals surface area contributed by atoms with E-state index in [9.17, 15) is 4.79 Å². The average Bonchev–Trinajstić information content (AvgIpc) is 3.10. The molecule has 2 rings (SSSR count). The maximum absolute atomic E-state index is 11.0. The van der Waals surface area contributed by atoms with Gasteiger partial charge in [-0.15, -0.1) is 0 Å². The molecular weight excluding hydrogens is 226 g/mol. The summed E-state index contributed by atoms with van der Waals surface area (Å²) in [6.07, 6.45) is 2.95. The molecule has 0 saturated heterocycles. The van der Waals surface area contributed by atoms with Gasteiger partial charge in [0, 0.05) is 6.54 Å². The van der Waals surface area contributed by atoms with Crippen LogP contribution in [0.25, 0.3) is 0 Å². The van der Waals surface area contributed by atoms with Crippen molar-refractivity contribution in [3.63, 3.8) is 0 Å². The van der Waals surface area contributed by atoms with Gasteiger partial charge in [-0.2, -0.15) is 0 Å². The summed E-state index contributed by atoms with van der Waals surface area (Å²) in [6.45, 7) is 4.62. The Bertz CT molecular complexity index is 425. The third kappa shape index (κ3) is 3.44. The van der Waals surface area contributed by atoms with Crippen molar-refractivity contribution in [1.82, 2.24) is 5.32 Å². The fraction of sp³-hybridized carbons (Fsp3) is 0.400. The van der Waals surface area contributed by atoms with E-state index in [4.69, 9.17) is 4.74 Å². The van der Waals surface area contributed by atoms with Gasteiger partial charge < -0.3 is 14.8 Å². The van der Waals surface area contributed by atoms with Crippen molar-refractivity contribution >= 4 is 6.29 Å². The Morgan fingerprint density at radius 2 is 2.17 bits per heavy atom. The minimum absolute atomic E-state index is 0.0728. The molecular formula is C15H19NO2. The zero-order valence-electron chi connectivity index (χ0n) is 10.7. The van der Waals surface area contributed by atoms with Crippen molar-refractivity contribution < 1.29 is 9.53 Å². The number of benzene rings is 1. The highest BCUT2D eigenvalue weighted by Crippen LogP contribution is 2.39. The Kier molecular flexibility index (Phi) is 4.15. The number of hydrogen-bond donors (Lipinski definition) is 1. The summed E-state index contributed by atoms with van der Waals surface area (Å²) in [5.41, 5.74) is 2.42. The molecule has 0 amide bonds. The van der Waals surface area contributed by atoms with Gasteiger partial charge in [-0.1, -0.05) is 24.3 Å². The second-order valence-corrected chi connectivity index (χ2v) is 4.77. The quantitative estimate of drug-likeness (QED) is 0.592. The highest BCUT2D eigenvalue weighted by Gasteiger charge is 2.29. The first-order chi connectivity index (χ1) is 8.72. The molecule has 96 valence electrons. The third-order valence-corrected chi connectivity index (χ3v) is 3.36. The van der Waals surface area contributed by atoms with Gasteiger partial charge in [0.1, 0.15) is 12.0 Å². The predicted octanol–water partition coefficient (Wildman–Crippen LogP) is 2.32. The van der Waals surface area contributed by atoms with Gasteiger partial charge in [0.05, 0.1) is 13.2 Å². The molecule has 1 aromatic rings. The Labute approximate surface area is 108 Å². The lowest BCUT2D eigenvalue weighted by Gasteiger charge is -2.12. The van der Waals surface area contributed by atoms with Gasteiger partial charge in [0.25, 0.3) is 0 Å². The third-order valence-electron chi connectivity index (χ3n) is 3.36. The summed E-state index contributed by atoms with van der Waals surface area (Å²) < 4.78 is 5.10. The van der Waals surface area contributed by atoms with Crippen LogP contribution in [0.15, 0.2) is 36.4 Å². The van der Waals surface area contributed by atoms with Crippen LogP contribution in [0.3, 0.4) is 0 Å². The van der Waals surface area contributed by atoms with Gasteiger partial charge in [0.15, 0.2) is 0 Å². The molecule has 1 aliphatic rings. The largest absolute Gasteiger partial charge is 0.497 e. The van der Waals surface area contributed by atoms with E-state index in [0.29, 0.717) is 12.5 Å². The molecule has 1 saturated carbocycles. The highest BCUT2D eigenvalue weighted by atomic mass is 16.5. The van der Waals surface area contributed by atoms with E-state index >= 15 is 0 Å². The predicted molar refractivity (Wildman–Crippen MR) is 71.5 cm³/mol. The molecule has 0 heterocycles. The van der Waals surface area contributed by atoms with E-state index in [1.54, 1.807) is 7.11 Å². The molecule has 1 aromatic carbocycles. The standard InChI is InChI=1S/C15H19NO2/c1-11-7-13(11)8-14(10-17)16-9-12-3-5-15(18-2)6-4-12/h3-6,10,13-14,16H,1,7-9H2,2H3. The maximum atomic E-state index is 11.0. The summed E-state index contributed by atoms with van der Waals surface area (Å²) in [5, 5.41) is 3.27. The van der Waals surface area contributed by atoms with Crippen LogP contribution in [-0.2, 0) is 11.3 Å². The van der Waals surface area contributed by atoms with Gasteiger partial charge >= 0.3 is 0 Å². The number of allylic oxidation sites excluding steroid dienone is 1. The normalized spacial score (nSPS) is 19.4. The molecule has 3 nitrogen and oxygen atoms in total. The number of aldehydes is 1. The van der Waals surface area contributed by atoms with Crippen molar-refractivity contribution in [2.45, 2.75) is 25.4 Å². The first-order valence-corrected chi connectivity index (χ1v) is 6.22. The molecule has 0 radical (unpaired) electrons. The molecule has 3 heteroatoms. The van der Waals surface area contributed by atoms with Gasteiger partial charge in [-0.25, -0.2) is 0 Å². The van der Waals surface area contributed by atoms with E-state index in [0.717, 1.165) is 30.4 Å². The minimum atomic E-state index is -0.0728. The Morgan fingerprint density at radius 3 is 2.67 bits per heavy atom. The smallest absolute Gasteiger partial charge is 0.136 e. The van der Waals surface area contributed by atoms with Crippen molar-refractivity contribution in [2.24, 2.45) is 5.92 Å². The van der Waals surface area contributed by atoms with E-state index < -0.39 is 0 Å². The molecule has 1 fully saturated rings. The van der Waals surface area contributed by atoms with E-state index in [2.05, 4.69) is 11.9 Å². The van der Waals surface area contributed by atoms with Crippen LogP contribution in [0.2, 0.25) is 0 Å². The second-order valence-electron chi connectivity index (χ2n) is 4.77. The molecule has 0 aromatic heterocycles. The minimum Gasteiger partial charge on any atom is -0.497 e. The lowest BCUT2D eigenvalue weighted by Crippen LogP contribution is -2.30. The number of rotatable bonds is 7. The Balaban J connectivity index is 1.80. The van der Waals surface area contributed by atoms with Crippen LogP contribution >= 0.6 is 0 Å². The molecule has 1 aliphatic carbocycles. The summed E-state index contributed by atoms with van der Waals surface area (Å²) in [4.78, 5) is 11.0. The van der Waals surface area contributed by atoms with Crippen LogP contribution in [0.4, 0.5) is 0 Å². The lowest BCUT2D eigenvalue weighted by molar-refractivity contribution is -0.109. The fourth-order valence-corrected chi connectivity index (χ4v) is 1.99. The summed E-state index contributed by atoms with van der Waals surface area (Å²) in [6, 6.07) is 7.79. The van der Waals surface area contributed by atoms with Crippen molar-refractivity contribution in [1.29, 1.82) is 0 Å². The number of nitrogens with one attached hydrogen (secondary N) is 1. The molecule has 2 atom stereocenters. The zero-order valence-corrected chi connectivity index (χ0v) is 10.7. The first kappa shape index (κ1) is 12.8. The average molecular weight is 245 g/mol. The first-order valence-electron chi connectivity index (χ1n) is 6.22. The lowest BCUT2D eigenvalue weighted by atomic mass is 10.1. The molecule has 18 heavy (non-hydrogen) atoms. The number of methoxy groups -OCH3 is 1. The SMILES string of the molecule is C=C1CC1CC(C=O)NCc1ccc(OC)cc1. The van der Waals surface area contributed by atoms with E-state index in [1.807, 2.05) is 24.3 Å². The Hall–Kier alpha value is -1.61. The zero-order chi connectivity index (χ0) is 13.0. The number of hydrogen-bond acceptors (Lipinski definition) is 3. The van der Waals surface area contributed by atoms with Gasteiger partial charge in [0.2, 0.25) is 0 Å². The second kappa shape index (κ2) is 5.83. The summed E-state index contributed by atoms with van der Waals surface area (Å²) in [5.74, 6) is 1.39. The van der Waals surface area contributed by atoms with Crippen molar-refractivity contribution in [3.8, 4) is 5.75 Å². The topological polar surface area (TPSA) is 38.3 Å². The molecule has 0 spiro atoms. The molecule has 0 bridgehead atoms. The van der Waals surface area contributed by atoms with Gasteiger partial charge in [-0.05, 0) is 36.5 Å². The highest BCUT2D eigenvalue weighted by molar-refractivity contribution is 5.58. The number of carbonyl (C=O) groups excluding carboxylic acids is 1. The summed E-state index contributed by atoms with van der Waals surface area (Å²) >= 11 is 0. The van der Waals surface area contributed by atoms with E-state index in [-0.39, 0.29) is 6.04 Å². The fourth-order valence-electron chi connectivity index (χ4n) is 1.99. The van der Waals surface area contributed by atoms with Gasteiger partial charge in [-0.3, -0.25) is 0 Å². The van der Waals surface area contributed by atoms with Crippen molar-refractivity contribution in [2.75, 3.05) is 7.11 Å². The van der Waals surface area contributed by atoms with Crippen LogP contribution in [0.5, 0.6) is 5.75 Å². The van der Waals surface area contributed by atoms with Crippen molar-refractivity contribution in [3.05, 3.63) is 42.0 Å². The Morgan fingerprint density at radius 1 is 1.50 bits per heavy atom. The molecule has 1 N–H and O–H groups in total. The molecule has 2 unspecified atom stereocenters. The summed E-state index contributed by atoms with van der Waals surface area (Å²) in [7, 11) is 1.65. The number of ether oxygens (including phenoxy) is 1. The van der Waals surface area contributed by atoms with Crippen LogP contribution in [0, 0.1) is 5.92 Å². The number of carbonyl (C=O) groups is 1. The van der Waals surface area contributed by atoms with Crippen LogP contribution in [-0.4, -0.2) is 19.4 Å². The molecule has 0 aliphatic heterocycles. The van der Waals surface area contributed by atoms with E-state index in [1.165, 1.54) is 5.57 Å².